The zero-order valence-electron chi connectivity index (χ0n) is 6.64. The van der Waals surface area contributed by atoms with Crippen LogP contribution >= 0.6 is 0 Å². The number of fused-ring (bicyclic) bond motifs is 1. The molecule has 0 radical (unpaired) electrons. The lowest BCUT2D eigenvalue weighted by Crippen LogP contribution is -2.33. The molecule has 12 heavy (non-hydrogen) atoms. The van der Waals surface area contributed by atoms with E-state index in [1.165, 1.54) is 0 Å². The van der Waals surface area contributed by atoms with E-state index in [9.17, 15) is 9.18 Å². The van der Waals surface area contributed by atoms with Crippen LogP contribution < -0.4 is 5.32 Å². The Kier molecular flexibility index (Phi) is 1.71. The van der Waals surface area contributed by atoms with Crippen molar-refractivity contribution < 1.29 is 9.18 Å². The number of halogens is 1. The van der Waals surface area contributed by atoms with Gasteiger partial charge in [0, 0.05) is 18.5 Å². The highest BCUT2D eigenvalue weighted by Gasteiger charge is 2.23. The SMILES string of the molecule is O=C1NCCC2=CC(F)CC=C12. The van der Waals surface area contributed by atoms with Crippen LogP contribution in [0, 0.1) is 0 Å². The molecule has 0 aromatic carbocycles. The van der Waals surface area contributed by atoms with Gasteiger partial charge < -0.3 is 5.32 Å². The van der Waals surface area contributed by atoms with Crippen LogP contribution in [0.4, 0.5) is 4.39 Å². The van der Waals surface area contributed by atoms with E-state index in [0.29, 0.717) is 18.5 Å². The van der Waals surface area contributed by atoms with E-state index in [-0.39, 0.29) is 5.91 Å². The van der Waals surface area contributed by atoms with Crippen LogP contribution in [-0.4, -0.2) is 18.6 Å². The number of allylic oxidation sites excluding steroid dienone is 2. The normalized spacial score (nSPS) is 28.4. The molecular weight excluding hydrogens is 157 g/mol. The standard InChI is InChI=1S/C9H10FNO/c10-7-1-2-8-6(5-7)3-4-11-9(8)12/h2,5,7H,1,3-4H2,(H,11,12). The molecule has 2 aliphatic rings. The number of alkyl halides is 1. The third-order valence-corrected chi connectivity index (χ3v) is 2.20. The average Bonchev–Trinajstić information content (AvgIpc) is 2.04. The van der Waals surface area contributed by atoms with Crippen LogP contribution in [0.15, 0.2) is 23.3 Å². The van der Waals surface area contributed by atoms with Gasteiger partial charge in [0.05, 0.1) is 0 Å². The summed E-state index contributed by atoms with van der Waals surface area (Å²) in [4.78, 5) is 11.2. The molecule has 0 aromatic heterocycles. The molecule has 2 nitrogen and oxygen atoms in total. The number of nitrogens with one attached hydrogen (secondary N) is 1. The van der Waals surface area contributed by atoms with E-state index in [0.717, 1.165) is 12.0 Å². The molecule has 0 aromatic rings. The second-order valence-electron chi connectivity index (χ2n) is 3.07. The summed E-state index contributed by atoms with van der Waals surface area (Å²) in [6.45, 7) is 0.634. The molecular formula is C9H10FNO. The molecule has 0 saturated carbocycles. The summed E-state index contributed by atoms with van der Waals surface area (Å²) in [6.07, 6.45) is 3.46. The average molecular weight is 167 g/mol. The summed E-state index contributed by atoms with van der Waals surface area (Å²) in [5, 5.41) is 2.73. The van der Waals surface area contributed by atoms with Crippen LogP contribution in [0.3, 0.4) is 0 Å². The second kappa shape index (κ2) is 2.73. The Hall–Kier alpha value is -1.12. The van der Waals surface area contributed by atoms with Crippen LogP contribution in [0.1, 0.15) is 12.8 Å². The van der Waals surface area contributed by atoms with Crippen LogP contribution in [-0.2, 0) is 4.79 Å². The van der Waals surface area contributed by atoms with E-state index < -0.39 is 6.17 Å². The molecule has 1 unspecified atom stereocenters. The Labute approximate surface area is 70.1 Å². The second-order valence-corrected chi connectivity index (χ2v) is 3.07. The van der Waals surface area contributed by atoms with Gasteiger partial charge in [-0.2, -0.15) is 0 Å². The van der Waals surface area contributed by atoms with Gasteiger partial charge in [0.2, 0.25) is 0 Å². The first-order chi connectivity index (χ1) is 5.77. The quantitative estimate of drug-likeness (QED) is 0.575. The molecule has 1 N–H and O–H groups in total. The maximum absolute atomic E-state index is 12.8. The van der Waals surface area contributed by atoms with Crippen molar-refractivity contribution >= 4 is 5.91 Å². The predicted octanol–water partition coefficient (Wildman–Crippen LogP) is 1.10. The third-order valence-electron chi connectivity index (χ3n) is 2.20. The molecule has 3 heteroatoms. The van der Waals surface area contributed by atoms with E-state index >= 15 is 0 Å². The highest BCUT2D eigenvalue weighted by Crippen LogP contribution is 2.25. The summed E-state index contributed by atoms with van der Waals surface area (Å²) in [5.41, 5.74) is 1.55. The van der Waals surface area contributed by atoms with Gasteiger partial charge in [-0.05, 0) is 18.1 Å². The molecule has 1 aliphatic carbocycles. The van der Waals surface area contributed by atoms with E-state index in [4.69, 9.17) is 0 Å². The zero-order valence-corrected chi connectivity index (χ0v) is 6.64. The molecule has 0 spiro atoms. The fraction of sp³-hybridized carbons (Fsp3) is 0.444. The van der Waals surface area contributed by atoms with Crippen LogP contribution in [0.5, 0.6) is 0 Å². The number of hydrogen-bond acceptors (Lipinski definition) is 1. The largest absolute Gasteiger partial charge is 0.352 e. The minimum Gasteiger partial charge on any atom is -0.352 e. The highest BCUT2D eigenvalue weighted by atomic mass is 19.1. The molecule has 1 fully saturated rings. The monoisotopic (exact) mass is 167 g/mol. The maximum atomic E-state index is 12.8. The summed E-state index contributed by atoms with van der Waals surface area (Å²) in [5.74, 6) is -0.0561. The van der Waals surface area contributed by atoms with Crippen molar-refractivity contribution in [1.82, 2.24) is 5.32 Å². The van der Waals surface area contributed by atoms with Crippen LogP contribution in [0.2, 0.25) is 0 Å². The fourth-order valence-electron chi connectivity index (χ4n) is 1.60. The van der Waals surface area contributed by atoms with Crippen LogP contribution in [0.25, 0.3) is 0 Å². The number of piperidine rings is 1. The van der Waals surface area contributed by atoms with Gasteiger partial charge in [0.25, 0.3) is 5.91 Å². The molecule has 1 heterocycles. The van der Waals surface area contributed by atoms with Crippen molar-refractivity contribution in [3.63, 3.8) is 0 Å². The van der Waals surface area contributed by atoms with Gasteiger partial charge in [-0.3, -0.25) is 4.79 Å². The molecule has 1 aliphatic heterocycles. The lowest BCUT2D eigenvalue weighted by atomic mass is 9.91. The van der Waals surface area contributed by atoms with Crippen molar-refractivity contribution in [2.24, 2.45) is 0 Å². The van der Waals surface area contributed by atoms with Gasteiger partial charge in [0.15, 0.2) is 0 Å². The summed E-state index contributed by atoms with van der Waals surface area (Å²) >= 11 is 0. The molecule has 1 saturated heterocycles. The first kappa shape index (κ1) is 7.53. The van der Waals surface area contributed by atoms with Crippen molar-refractivity contribution in [2.45, 2.75) is 19.0 Å². The number of rotatable bonds is 0. The molecule has 64 valence electrons. The number of carbonyl (C=O) groups is 1. The fourth-order valence-corrected chi connectivity index (χ4v) is 1.60. The maximum Gasteiger partial charge on any atom is 0.251 e. The topological polar surface area (TPSA) is 29.1 Å². The van der Waals surface area contributed by atoms with E-state index in [2.05, 4.69) is 5.32 Å². The first-order valence-electron chi connectivity index (χ1n) is 4.11. The summed E-state index contributed by atoms with van der Waals surface area (Å²) in [7, 11) is 0. The molecule has 1 atom stereocenters. The molecule has 2 rings (SSSR count). The van der Waals surface area contributed by atoms with Gasteiger partial charge >= 0.3 is 0 Å². The smallest absolute Gasteiger partial charge is 0.251 e. The summed E-state index contributed by atoms with van der Waals surface area (Å²) in [6, 6.07) is 0. The highest BCUT2D eigenvalue weighted by molar-refractivity contribution is 5.99. The first-order valence-corrected chi connectivity index (χ1v) is 4.11. The van der Waals surface area contributed by atoms with Crippen molar-refractivity contribution in [3.05, 3.63) is 23.3 Å². The summed E-state index contributed by atoms with van der Waals surface area (Å²) < 4.78 is 12.8. The lowest BCUT2D eigenvalue weighted by Gasteiger charge is -2.22. The van der Waals surface area contributed by atoms with Crippen molar-refractivity contribution in [1.29, 1.82) is 0 Å². The van der Waals surface area contributed by atoms with E-state index in [1.54, 1.807) is 12.2 Å². The Bertz CT molecular complexity index is 280. The predicted molar refractivity (Wildman–Crippen MR) is 43.3 cm³/mol. The van der Waals surface area contributed by atoms with Gasteiger partial charge in [-0.1, -0.05) is 6.08 Å². The van der Waals surface area contributed by atoms with Gasteiger partial charge in [-0.15, -0.1) is 0 Å². The number of hydrogen-bond donors (Lipinski definition) is 1. The number of carbonyl (C=O) groups excluding carboxylic acids is 1. The third kappa shape index (κ3) is 1.15. The molecule has 0 bridgehead atoms. The number of amides is 1. The Morgan fingerprint density at radius 3 is 3.25 bits per heavy atom. The lowest BCUT2D eigenvalue weighted by molar-refractivity contribution is -0.117. The Balaban J connectivity index is 2.30. The zero-order chi connectivity index (χ0) is 8.55. The van der Waals surface area contributed by atoms with Crippen molar-refractivity contribution in [3.8, 4) is 0 Å². The van der Waals surface area contributed by atoms with Gasteiger partial charge in [-0.25, -0.2) is 4.39 Å². The van der Waals surface area contributed by atoms with Gasteiger partial charge in [0.1, 0.15) is 6.17 Å². The minimum atomic E-state index is -0.894. The Morgan fingerprint density at radius 2 is 2.42 bits per heavy atom. The van der Waals surface area contributed by atoms with E-state index in [1.807, 2.05) is 0 Å². The van der Waals surface area contributed by atoms with Crippen molar-refractivity contribution in [2.75, 3.05) is 6.54 Å². The minimum absolute atomic E-state index is 0.0561. The Morgan fingerprint density at radius 1 is 1.58 bits per heavy atom. The molecule has 1 amide bonds.